The van der Waals surface area contributed by atoms with Crippen molar-refractivity contribution in [2.75, 3.05) is 10.2 Å². The number of carbonyl (C=O) groups excluding carboxylic acids is 1. The van der Waals surface area contributed by atoms with Crippen LogP contribution in [0.3, 0.4) is 0 Å². The number of anilines is 2. The molecule has 3 heterocycles. The molecule has 0 spiro atoms. The first-order chi connectivity index (χ1) is 15.0. The topological polar surface area (TPSA) is 94.8 Å². The van der Waals surface area contributed by atoms with Crippen molar-refractivity contribution >= 4 is 17.4 Å². The number of benzene rings is 1. The fourth-order valence-corrected chi connectivity index (χ4v) is 3.85. The molecule has 1 aliphatic rings. The van der Waals surface area contributed by atoms with Crippen LogP contribution in [0.25, 0.3) is 11.4 Å². The van der Waals surface area contributed by atoms with Crippen LogP contribution < -0.4 is 10.2 Å². The van der Waals surface area contributed by atoms with E-state index in [0.717, 1.165) is 29.9 Å². The van der Waals surface area contributed by atoms with Gasteiger partial charge in [0, 0.05) is 23.5 Å². The number of nitrogens with zero attached hydrogens (tertiary/aromatic N) is 5. The summed E-state index contributed by atoms with van der Waals surface area (Å²) in [7, 11) is 0. The summed E-state index contributed by atoms with van der Waals surface area (Å²) in [5.41, 5.74) is 2.74. The number of nitrogens with one attached hydrogen (secondary N) is 1. The number of nitriles is 1. The van der Waals surface area contributed by atoms with Crippen molar-refractivity contribution in [3.63, 3.8) is 0 Å². The Balaban J connectivity index is 1.56. The minimum Gasteiger partial charge on any atom is -0.342 e. The molecule has 3 aromatic rings. The number of aromatic nitrogens is 3. The van der Waals surface area contributed by atoms with Crippen molar-refractivity contribution in [3.8, 4) is 17.5 Å². The third kappa shape index (κ3) is 4.21. The zero-order valence-corrected chi connectivity index (χ0v) is 17.2. The highest BCUT2D eigenvalue weighted by molar-refractivity contribution is 5.97. The summed E-state index contributed by atoms with van der Waals surface area (Å²) in [5, 5.41) is 12.0. The summed E-state index contributed by atoms with van der Waals surface area (Å²) in [5.74, 6) is 0.435. The van der Waals surface area contributed by atoms with E-state index in [1.807, 2.05) is 24.0 Å². The number of aryl methyl sites for hydroxylation is 1. The lowest BCUT2D eigenvalue weighted by atomic mass is 10.1. The number of hydrogen-bond donors (Lipinski definition) is 1. The van der Waals surface area contributed by atoms with Gasteiger partial charge in [0.05, 0.1) is 18.0 Å². The van der Waals surface area contributed by atoms with E-state index in [9.17, 15) is 9.18 Å². The van der Waals surface area contributed by atoms with Crippen molar-refractivity contribution in [1.82, 2.24) is 15.0 Å². The molecule has 1 saturated heterocycles. The van der Waals surface area contributed by atoms with Crippen LogP contribution in [-0.4, -0.2) is 32.9 Å². The second-order valence-electron chi connectivity index (χ2n) is 7.61. The fourth-order valence-electron chi connectivity index (χ4n) is 3.85. The van der Waals surface area contributed by atoms with Crippen LogP contribution in [0.1, 0.15) is 30.9 Å². The predicted octanol–water partition coefficient (Wildman–Crippen LogP) is 3.85. The Morgan fingerprint density at radius 2 is 1.94 bits per heavy atom. The molecule has 1 fully saturated rings. The van der Waals surface area contributed by atoms with Crippen LogP contribution in [-0.2, 0) is 4.79 Å². The second-order valence-corrected chi connectivity index (χ2v) is 7.61. The third-order valence-electron chi connectivity index (χ3n) is 5.48. The number of pyridine rings is 1. The Morgan fingerprint density at radius 1 is 1.16 bits per heavy atom. The fraction of sp³-hybridized carbons (Fsp3) is 0.261. The molecule has 0 unspecified atom stereocenters. The Kier molecular flexibility index (Phi) is 5.58. The van der Waals surface area contributed by atoms with E-state index >= 15 is 0 Å². The number of rotatable bonds is 4. The van der Waals surface area contributed by atoms with E-state index in [-0.39, 0.29) is 18.0 Å². The van der Waals surface area contributed by atoms with E-state index < -0.39 is 5.82 Å². The average molecular weight is 416 g/mol. The molecule has 0 aliphatic carbocycles. The lowest BCUT2D eigenvalue weighted by Gasteiger charge is -2.29. The molecule has 1 amide bonds. The van der Waals surface area contributed by atoms with Crippen molar-refractivity contribution in [3.05, 3.63) is 65.9 Å². The van der Waals surface area contributed by atoms with Gasteiger partial charge < -0.3 is 10.2 Å². The van der Waals surface area contributed by atoms with E-state index in [0.29, 0.717) is 29.3 Å². The lowest BCUT2D eigenvalue weighted by Crippen LogP contribution is -2.43. The van der Waals surface area contributed by atoms with Gasteiger partial charge in [0.25, 0.3) is 0 Å². The lowest BCUT2D eigenvalue weighted by molar-refractivity contribution is -0.117. The maximum Gasteiger partial charge on any atom is 0.247 e. The first-order valence-electron chi connectivity index (χ1n) is 10.00. The quantitative estimate of drug-likeness (QED) is 0.694. The van der Waals surface area contributed by atoms with Gasteiger partial charge in [-0.3, -0.25) is 4.79 Å². The molecule has 1 N–H and O–H groups in total. The summed E-state index contributed by atoms with van der Waals surface area (Å²) < 4.78 is 13.2. The normalized spacial score (nSPS) is 17.9. The van der Waals surface area contributed by atoms with Crippen LogP contribution >= 0.6 is 0 Å². The zero-order valence-electron chi connectivity index (χ0n) is 17.2. The number of amides is 1. The molecular weight excluding hydrogens is 395 g/mol. The first kappa shape index (κ1) is 20.4. The summed E-state index contributed by atoms with van der Waals surface area (Å²) in [6.07, 6.45) is 5.33. The molecule has 0 saturated carbocycles. The smallest absolute Gasteiger partial charge is 0.247 e. The molecule has 156 valence electrons. The van der Waals surface area contributed by atoms with Gasteiger partial charge in [0.2, 0.25) is 5.91 Å². The Bertz CT molecular complexity index is 1140. The summed E-state index contributed by atoms with van der Waals surface area (Å²) in [4.78, 5) is 27.6. The molecule has 1 aliphatic heterocycles. The molecular formula is C23H21FN6O. The highest BCUT2D eigenvalue weighted by Crippen LogP contribution is 2.30. The minimum absolute atomic E-state index is 0.134. The van der Waals surface area contributed by atoms with E-state index in [2.05, 4.69) is 33.3 Å². The van der Waals surface area contributed by atoms with Gasteiger partial charge in [-0.1, -0.05) is 6.07 Å². The van der Waals surface area contributed by atoms with Gasteiger partial charge in [0.15, 0.2) is 11.6 Å². The van der Waals surface area contributed by atoms with Crippen molar-refractivity contribution in [2.45, 2.75) is 38.8 Å². The molecule has 31 heavy (non-hydrogen) atoms. The largest absolute Gasteiger partial charge is 0.342 e. The van der Waals surface area contributed by atoms with Crippen LogP contribution in [0, 0.1) is 24.1 Å². The molecule has 0 radical (unpaired) electrons. The van der Waals surface area contributed by atoms with Crippen LogP contribution in [0.4, 0.5) is 15.9 Å². The van der Waals surface area contributed by atoms with Gasteiger partial charge in [-0.05, 0) is 56.5 Å². The van der Waals surface area contributed by atoms with E-state index in [4.69, 9.17) is 5.26 Å². The van der Waals surface area contributed by atoms with E-state index in [1.165, 1.54) is 6.20 Å². The molecule has 4 rings (SSSR count). The number of halogens is 1. The number of hydrogen-bond acceptors (Lipinski definition) is 6. The highest BCUT2D eigenvalue weighted by atomic mass is 19.1. The molecule has 0 bridgehead atoms. The summed E-state index contributed by atoms with van der Waals surface area (Å²) in [6, 6.07) is 10.8. The molecule has 2 aromatic heterocycles. The van der Waals surface area contributed by atoms with Crippen LogP contribution in [0.2, 0.25) is 0 Å². The second kappa shape index (κ2) is 8.48. The summed E-state index contributed by atoms with van der Waals surface area (Å²) >= 11 is 0. The predicted molar refractivity (Wildman–Crippen MR) is 115 cm³/mol. The van der Waals surface area contributed by atoms with Gasteiger partial charge in [0.1, 0.15) is 17.9 Å². The number of carbonyl (C=O) groups is 1. The Hall–Kier alpha value is -3.86. The molecule has 7 nitrogen and oxygen atoms in total. The molecule has 2 atom stereocenters. The maximum atomic E-state index is 13.2. The van der Waals surface area contributed by atoms with Gasteiger partial charge in [-0.2, -0.15) is 5.26 Å². The average Bonchev–Trinajstić information content (AvgIpc) is 3.17. The highest BCUT2D eigenvalue weighted by Gasteiger charge is 2.36. The molecule has 8 heteroatoms. The van der Waals surface area contributed by atoms with Gasteiger partial charge in [-0.25, -0.2) is 19.3 Å². The van der Waals surface area contributed by atoms with Crippen LogP contribution in [0.5, 0.6) is 0 Å². The van der Waals surface area contributed by atoms with Gasteiger partial charge in [-0.15, -0.1) is 0 Å². The first-order valence-corrected chi connectivity index (χ1v) is 10.00. The Labute approximate surface area is 179 Å². The SMILES string of the molecule is Cc1ccc(NC(=O)[C@@H]2CC[C@H](C)N2c2ccc(C#N)cn2)cc1-c1ncc(F)cn1. The zero-order chi connectivity index (χ0) is 22.0. The summed E-state index contributed by atoms with van der Waals surface area (Å²) in [6.45, 7) is 3.97. The van der Waals surface area contributed by atoms with Gasteiger partial charge >= 0.3 is 0 Å². The van der Waals surface area contributed by atoms with Crippen molar-refractivity contribution in [1.29, 1.82) is 5.26 Å². The van der Waals surface area contributed by atoms with Crippen molar-refractivity contribution in [2.24, 2.45) is 0 Å². The third-order valence-corrected chi connectivity index (χ3v) is 5.48. The minimum atomic E-state index is -0.502. The van der Waals surface area contributed by atoms with Crippen LogP contribution in [0.15, 0.2) is 48.9 Å². The monoisotopic (exact) mass is 416 g/mol. The maximum absolute atomic E-state index is 13.2. The van der Waals surface area contributed by atoms with Crippen molar-refractivity contribution < 1.29 is 9.18 Å². The Morgan fingerprint density at radius 3 is 2.61 bits per heavy atom. The molecule has 1 aromatic carbocycles. The van der Waals surface area contributed by atoms with E-state index in [1.54, 1.807) is 18.2 Å². The standard InChI is InChI=1S/C23H21FN6O/c1-14-3-6-18(9-19(14)22-27-12-17(24)13-28-22)29-23(31)20-7-4-15(2)30(20)21-8-5-16(10-25)11-26-21/h3,5-6,8-9,11-13,15,20H,4,7H2,1-2H3,(H,29,31)/t15-,20-/m0/s1.